The van der Waals surface area contributed by atoms with Crippen LogP contribution in [0.15, 0.2) is 52.3 Å². The van der Waals surface area contributed by atoms with Crippen LogP contribution in [0.25, 0.3) is 0 Å². The fraction of sp³-hybridized carbons (Fsp3) is 0.500. The highest BCUT2D eigenvalue weighted by Gasteiger charge is 2.33. The number of fused-ring (bicyclic) bond motifs is 2. The second-order valence-corrected chi connectivity index (χ2v) is 9.83. The lowest BCUT2D eigenvalue weighted by molar-refractivity contribution is -0.137. The standard InChI is InChI=1S/C24H31F3N4S/c1-28(2)12-13-30-16-14-29(15-17-30)10-5-11-31-20-6-3-4-7-22(20)32-23-9-8-19(18-21(23)31)24(25,26)27/h3-4,6-9,18H,5,10-17H2,1-2H3. The first-order valence-electron chi connectivity index (χ1n) is 11.2. The van der Waals surface area contributed by atoms with Crippen molar-refractivity contribution in [3.8, 4) is 0 Å². The molecule has 2 aliphatic heterocycles. The van der Waals surface area contributed by atoms with Crippen LogP contribution < -0.4 is 4.90 Å². The lowest BCUT2D eigenvalue weighted by Crippen LogP contribution is -2.48. The van der Waals surface area contributed by atoms with Crippen LogP contribution in [-0.2, 0) is 6.18 Å². The number of rotatable bonds is 7. The molecular weight excluding hydrogens is 433 g/mol. The van der Waals surface area contributed by atoms with Crippen molar-refractivity contribution in [1.82, 2.24) is 14.7 Å². The van der Waals surface area contributed by atoms with Crippen molar-refractivity contribution in [2.45, 2.75) is 22.4 Å². The van der Waals surface area contributed by atoms with Crippen LogP contribution >= 0.6 is 11.8 Å². The maximum absolute atomic E-state index is 13.4. The van der Waals surface area contributed by atoms with Gasteiger partial charge in [-0.1, -0.05) is 23.9 Å². The van der Waals surface area contributed by atoms with Gasteiger partial charge in [-0.2, -0.15) is 13.2 Å². The number of hydrogen-bond acceptors (Lipinski definition) is 5. The maximum Gasteiger partial charge on any atom is 0.416 e. The molecule has 0 radical (unpaired) electrons. The average Bonchev–Trinajstić information content (AvgIpc) is 2.77. The minimum absolute atomic E-state index is 0.588. The molecule has 0 aromatic heterocycles. The largest absolute Gasteiger partial charge is 0.416 e. The summed E-state index contributed by atoms with van der Waals surface area (Å²) in [5, 5.41) is 0. The molecule has 2 heterocycles. The monoisotopic (exact) mass is 464 g/mol. The third kappa shape index (κ3) is 5.60. The highest BCUT2D eigenvalue weighted by Crippen LogP contribution is 2.49. The third-order valence-electron chi connectivity index (χ3n) is 6.14. The van der Waals surface area contributed by atoms with Crippen molar-refractivity contribution in [1.29, 1.82) is 0 Å². The summed E-state index contributed by atoms with van der Waals surface area (Å²) >= 11 is 1.55. The topological polar surface area (TPSA) is 13.0 Å². The van der Waals surface area contributed by atoms with E-state index < -0.39 is 11.7 Å². The van der Waals surface area contributed by atoms with Gasteiger partial charge in [0.25, 0.3) is 0 Å². The van der Waals surface area contributed by atoms with E-state index in [0.717, 1.165) is 67.7 Å². The molecule has 8 heteroatoms. The molecule has 0 atom stereocenters. The van der Waals surface area contributed by atoms with Crippen LogP contribution in [0.2, 0.25) is 0 Å². The molecule has 2 aliphatic rings. The van der Waals surface area contributed by atoms with Crippen LogP contribution in [0.4, 0.5) is 24.5 Å². The Bertz CT molecular complexity index is 910. The number of likely N-dealkylation sites (N-methyl/N-ethyl adjacent to an activating group) is 1. The first-order valence-corrected chi connectivity index (χ1v) is 12.0. The number of para-hydroxylation sites is 1. The number of piperazine rings is 1. The molecule has 1 fully saturated rings. The van der Waals surface area contributed by atoms with Gasteiger partial charge in [0.15, 0.2) is 0 Å². The zero-order valence-corrected chi connectivity index (χ0v) is 19.6. The number of halogens is 3. The first-order chi connectivity index (χ1) is 15.3. The Labute approximate surface area is 193 Å². The number of hydrogen-bond donors (Lipinski definition) is 0. The van der Waals surface area contributed by atoms with Crippen LogP contribution in [0.5, 0.6) is 0 Å². The summed E-state index contributed by atoms with van der Waals surface area (Å²) in [6, 6.07) is 12.1. The van der Waals surface area contributed by atoms with E-state index in [-0.39, 0.29) is 0 Å². The number of alkyl halides is 3. The molecule has 0 saturated carbocycles. The van der Waals surface area contributed by atoms with E-state index in [0.29, 0.717) is 12.2 Å². The molecule has 0 spiro atoms. The molecule has 0 N–H and O–H groups in total. The molecular formula is C24H31F3N4S. The molecule has 0 unspecified atom stereocenters. The van der Waals surface area contributed by atoms with Gasteiger partial charge in [-0.05, 0) is 57.4 Å². The Balaban J connectivity index is 1.40. The SMILES string of the molecule is CN(C)CCN1CCN(CCCN2c3ccccc3Sc3ccc(C(F)(F)F)cc32)CC1. The Morgan fingerprint density at radius 3 is 2.19 bits per heavy atom. The van der Waals surface area contributed by atoms with E-state index in [2.05, 4.69) is 33.7 Å². The second-order valence-electron chi connectivity index (χ2n) is 8.74. The van der Waals surface area contributed by atoms with Crippen LogP contribution in [-0.4, -0.2) is 81.2 Å². The van der Waals surface area contributed by atoms with E-state index in [1.54, 1.807) is 17.8 Å². The average molecular weight is 465 g/mol. The smallest absolute Gasteiger partial charge is 0.340 e. The summed E-state index contributed by atoms with van der Waals surface area (Å²) in [7, 11) is 4.20. The molecule has 4 nitrogen and oxygen atoms in total. The van der Waals surface area contributed by atoms with Gasteiger partial charge in [-0.3, -0.25) is 4.90 Å². The maximum atomic E-state index is 13.4. The van der Waals surface area contributed by atoms with Gasteiger partial charge in [-0.15, -0.1) is 0 Å². The van der Waals surface area contributed by atoms with Gasteiger partial charge in [0.2, 0.25) is 0 Å². The summed E-state index contributed by atoms with van der Waals surface area (Å²) in [6.45, 7) is 8.09. The fourth-order valence-corrected chi connectivity index (χ4v) is 5.35. The molecule has 32 heavy (non-hydrogen) atoms. The van der Waals surface area contributed by atoms with E-state index >= 15 is 0 Å². The molecule has 4 rings (SSSR count). The molecule has 0 aliphatic carbocycles. The summed E-state index contributed by atoms with van der Waals surface area (Å²) < 4.78 is 40.1. The van der Waals surface area contributed by atoms with E-state index in [4.69, 9.17) is 0 Å². The quantitative estimate of drug-likeness (QED) is 0.578. The zero-order chi connectivity index (χ0) is 22.7. The number of nitrogens with zero attached hydrogens (tertiary/aromatic N) is 4. The van der Waals surface area contributed by atoms with E-state index in [1.807, 2.05) is 24.3 Å². The number of benzene rings is 2. The van der Waals surface area contributed by atoms with Gasteiger partial charge >= 0.3 is 6.18 Å². The summed E-state index contributed by atoms with van der Waals surface area (Å²) in [6.07, 6.45) is -3.43. The molecule has 1 saturated heterocycles. The first kappa shape index (κ1) is 23.4. The predicted molar refractivity (Wildman–Crippen MR) is 125 cm³/mol. The van der Waals surface area contributed by atoms with Crippen molar-refractivity contribution in [2.24, 2.45) is 0 Å². The van der Waals surface area contributed by atoms with Crippen molar-refractivity contribution in [2.75, 3.05) is 71.4 Å². The van der Waals surface area contributed by atoms with Gasteiger partial charge < -0.3 is 14.7 Å². The third-order valence-corrected chi connectivity index (χ3v) is 7.27. The Hall–Kier alpha value is -1.74. The molecule has 174 valence electrons. The molecule has 0 amide bonds. The summed E-state index contributed by atoms with van der Waals surface area (Å²) in [5.74, 6) is 0. The fourth-order valence-electron chi connectivity index (χ4n) is 4.28. The van der Waals surface area contributed by atoms with Gasteiger partial charge in [0.05, 0.1) is 16.9 Å². The Morgan fingerprint density at radius 2 is 1.50 bits per heavy atom. The van der Waals surface area contributed by atoms with Crippen LogP contribution in [0.1, 0.15) is 12.0 Å². The van der Waals surface area contributed by atoms with Gasteiger partial charge in [0.1, 0.15) is 0 Å². The molecule has 2 aromatic carbocycles. The van der Waals surface area contributed by atoms with Crippen molar-refractivity contribution >= 4 is 23.1 Å². The Kier molecular flexibility index (Phi) is 7.34. The van der Waals surface area contributed by atoms with Crippen LogP contribution in [0, 0.1) is 0 Å². The highest BCUT2D eigenvalue weighted by atomic mass is 32.2. The second kappa shape index (κ2) is 10.0. The van der Waals surface area contributed by atoms with Crippen molar-refractivity contribution in [3.05, 3.63) is 48.0 Å². The minimum atomic E-state index is -4.34. The Morgan fingerprint density at radius 1 is 0.844 bits per heavy atom. The lowest BCUT2D eigenvalue weighted by Gasteiger charge is -2.36. The van der Waals surface area contributed by atoms with Gasteiger partial charge in [0, 0.05) is 55.6 Å². The summed E-state index contributed by atoms with van der Waals surface area (Å²) in [5.41, 5.74) is 1.07. The van der Waals surface area contributed by atoms with E-state index in [1.165, 1.54) is 12.1 Å². The normalized spacial score (nSPS) is 17.5. The van der Waals surface area contributed by atoms with Gasteiger partial charge in [-0.25, -0.2) is 0 Å². The van der Waals surface area contributed by atoms with Crippen molar-refractivity contribution < 1.29 is 13.2 Å². The summed E-state index contributed by atoms with van der Waals surface area (Å²) in [4.78, 5) is 11.2. The minimum Gasteiger partial charge on any atom is -0.340 e. The zero-order valence-electron chi connectivity index (χ0n) is 18.7. The highest BCUT2D eigenvalue weighted by molar-refractivity contribution is 7.99. The molecule has 0 bridgehead atoms. The molecule has 2 aromatic rings. The van der Waals surface area contributed by atoms with Crippen molar-refractivity contribution in [3.63, 3.8) is 0 Å². The lowest BCUT2D eigenvalue weighted by atomic mass is 10.1. The predicted octanol–water partition coefficient (Wildman–Crippen LogP) is 4.88. The van der Waals surface area contributed by atoms with Crippen LogP contribution in [0.3, 0.4) is 0 Å². The van der Waals surface area contributed by atoms with E-state index in [9.17, 15) is 13.2 Å². The number of anilines is 2.